The smallest absolute Gasteiger partial charge is 0.258 e. The molecule has 0 atom stereocenters. The van der Waals surface area contributed by atoms with Crippen molar-refractivity contribution in [1.82, 2.24) is 29.6 Å². The molecule has 0 fully saturated rings. The van der Waals surface area contributed by atoms with E-state index in [1.54, 1.807) is 0 Å². The van der Waals surface area contributed by atoms with E-state index in [9.17, 15) is 0 Å². The molecule has 0 spiro atoms. The van der Waals surface area contributed by atoms with E-state index in [0.717, 1.165) is 42.2 Å². The molecule has 0 radical (unpaired) electrons. The van der Waals surface area contributed by atoms with Crippen LogP contribution in [0.1, 0.15) is 19.7 Å². The SMILES string of the molecule is CCN(CC)Cc1nnc2cc(-c3nc(-c4ccccc4)no3)ccn12. The normalized spacial score (nSPS) is 11.5. The van der Waals surface area contributed by atoms with Gasteiger partial charge in [0, 0.05) is 17.3 Å². The summed E-state index contributed by atoms with van der Waals surface area (Å²) >= 11 is 0. The van der Waals surface area contributed by atoms with Gasteiger partial charge in [-0.3, -0.25) is 9.30 Å². The van der Waals surface area contributed by atoms with E-state index in [0.29, 0.717) is 11.7 Å². The third-order valence-electron chi connectivity index (χ3n) is 4.44. The second kappa shape index (κ2) is 7.05. The number of rotatable bonds is 6. The van der Waals surface area contributed by atoms with Crippen molar-refractivity contribution in [3.8, 4) is 22.8 Å². The maximum Gasteiger partial charge on any atom is 0.258 e. The quantitative estimate of drug-likeness (QED) is 0.532. The van der Waals surface area contributed by atoms with Crippen LogP contribution in [0.3, 0.4) is 0 Å². The van der Waals surface area contributed by atoms with Gasteiger partial charge < -0.3 is 4.52 Å². The minimum Gasteiger partial charge on any atom is -0.334 e. The number of hydrogen-bond donors (Lipinski definition) is 0. The van der Waals surface area contributed by atoms with Gasteiger partial charge in [-0.05, 0) is 25.2 Å². The zero-order valence-electron chi connectivity index (χ0n) is 14.8. The van der Waals surface area contributed by atoms with Gasteiger partial charge in [-0.1, -0.05) is 49.3 Å². The second-order valence-electron chi connectivity index (χ2n) is 6.01. The Kier molecular flexibility index (Phi) is 4.45. The summed E-state index contributed by atoms with van der Waals surface area (Å²) in [6.07, 6.45) is 1.95. The van der Waals surface area contributed by atoms with Crippen LogP contribution >= 0.6 is 0 Å². The zero-order valence-corrected chi connectivity index (χ0v) is 14.8. The molecule has 7 nitrogen and oxygen atoms in total. The van der Waals surface area contributed by atoms with Gasteiger partial charge in [0.05, 0.1) is 6.54 Å². The summed E-state index contributed by atoms with van der Waals surface area (Å²) in [7, 11) is 0. The van der Waals surface area contributed by atoms with E-state index in [4.69, 9.17) is 4.52 Å². The van der Waals surface area contributed by atoms with Crippen LogP contribution < -0.4 is 0 Å². The van der Waals surface area contributed by atoms with Gasteiger partial charge in [-0.25, -0.2) is 0 Å². The first-order chi connectivity index (χ1) is 12.8. The molecule has 0 aliphatic carbocycles. The number of hydrogen-bond acceptors (Lipinski definition) is 6. The topological polar surface area (TPSA) is 72.3 Å². The summed E-state index contributed by atoms with van der Waals surface area (Å²) < 4.78 is 7.43. The predicted molar refractivity (Wildman–Crippen MR) is 98.3 cm³/mol. The van der Waals surface area contributed by atoms with Gasteiger partial charge in [0.15, 0.2) is 11.5 Å². The molecule has 0 amide bonds. The molecule has 0 aliphatic heterocycles. The molecule has 0 bridgehead atoms. The van der Waals surface area contributed by atoms with Crippen molar-refractivity contribution in [2.45, 2.75) is 20.4 Å². The third-order valence-corrected chi connectivity index (χ3v) is 4.44. The Bertz CT molecular complexity index is 1000. The summed E-state index contributed by atoms with van der Waals surface area (Å²) in [6.45, 7) is 7.02. The molecule has 7 heteroatoms. The van der Waals surface area contributed by atoms with E-state index < -0.39 is 0 Å². The predicted octanol–water partition coefficient (Wildman–Crippen LogP) is 3.29. The van der Waals surface area contributed by atoms with Crippen molar-refractivity contribution in [2.75, 3.05) is 13.1 Å². The monoisotopic (exact) mass is 348 g/mol. The molecule has 0 saturated carbocycles. The fourth-order valence-electron chi connectivity index (χ4n) is 2.87. The van der Waals surface area contributed by atoms with Crippen LogP contribution in [0.15, 0.2) is 53.2 Å². The third kappa shape index (κ3) is 3.09. The van der Waals surface area contributed by atoms with Gasteiger partial charge >= 0.3 is 0 Å². The van der Waals surface area contributed by atoms with Crippen molar-refractivity contribution in [3.63, 3.8) is 0 Å². The molecule has 0 aliphatic rings. The van der Waals surface area contributed by atoms with Crippen molar-refractivity contribution in [1.29, 1.82) is 0 Å². The first kappa shape index (κ1) is 16.4. The number of fused-ring (bicyclic) bond motifs is 1. The highest BCUT2D eigenvalue weighted by Crippen LogP contribution is 2.23. The number of benzene rings is 1. The van der Waals surface area contributed by atoms with Crippen LogP contribution in [-0.2, 0) is 6.54 Å². The second-order valence-corrected chi connectivity index (χ2v) is 6.01. The van der Waals surface area contributed by atoms with E-state index in [-0.39, 0.29) is 0 Å². The van der Waals surface area contributed by atoms with Crippen molar-refractivity contribution in [2.24, 2.45) is 0 Å². The van der Waals surface area contributed by atoms with E-state index in [1.165, 1.54) is 0 Å². The van der Waals surface area contributed by atoms with Gasteiger partial charge in [-0.15, -0.1) is 10.2 Å². The largest absolute Gasteiger partial charge is 0.334 e. The van der Waals surface area contributed by atoms with Gasteiger partial charge in [0.1, 0.15) is 0 Å². The molecule has 0 saturated heterocycles. The molecule has 4 aromatic rings. The summed E-state index contributed by atoms with van der Waals surface area (Å²) in [5, 5.41) is 12.7. The van der Waals surface area contributed by atoms with Crippen LogP contribution in [0.4, 0.5) is 0 Å². The maximum absolute atomic E-state index is 5.43. The van der Waals surface area contributed by atoms with Crippen LogP contribution in [0.25, 0.3) is 28.5 Å². The number of nitrogens with zero attached hydrogens (tertiary/aromatic N) is 6. The van der Waals surface area contributed by atoms with E-state index in [1.807, 2.05) is 53.1 Å². The molecule has 4 rings (SSSR count). The molecule has 0 N–H and O–H groups in total. The Balaban J connectivity index is 1.63. The highest BCUT2D eigenvalue weighted by Gasteiger charge is 2.14. The highest BCUT2D eigenvalue weighted by molar-refractivity contribution is 5.62. The maximum atomic E-state index is 5.43. The molecule has 3 heterocycles. The van der Waals surface area contributed by atoms with Gasteiger partial charge in [0.25, 0.3) is 5.89 Å². The van der Waals surface area contributed by atoms with Crippen LogP contribution in [0, 0.1) is 0 Å². The lowest BCUT2D eigenvalue weighted by atomic mass is 10.2. The summed E-state index contributed by atoms with van der Waals surface area (Å²) in [6, 6.07) is 13.6. The van der Waals surface area contributed by atoms with E-state index >= 15 is 0 Å². The van der Waals surface area contributed by atoms with Crippen molar-refractivity contribution < 1.29 is 4.52 Å². The molecular weight excluding hydrogens is 328 g/mol. The minimum atomic E-state index is 0.472. The average Bonchev–Trinajstić information content (AvgIpc) is 3.34. The fourth-order valence-corrected chi connectivity index (χ4v) is 2.87. The average molecular weight is 348 g/mol. The Hall–Kier alpha value is -3.06. The van der Waals surface area contributed by atoms with Crippen LogP contribution in [0.5, 0.6) is 0 Å². The molecule has 1 aromatic carbocycles. The van der Waals surface area contributed by atoms with Crippen molar-refractivity contribution >= 4 is 5.65 Å². The number of aromatic nitrogens is 5. The molecule has 132 valence electrons. The minimum absolute atomic E-state index is 0.472. The Morgan fingerprint density at radius 1 is 1.00 bits per heavy atom. The Morgan fingerprint density at radius 2 is 1.81 bits per heavy atom. The zero-order chi connectivity index (χ0) is 17.9. The lowest BCUT2D eigenvalue weighted by molar-refractivity contribution is 0.287. The lowest BCUT2D eigenvalue weighted by Crippen LogP contribution is -2.23. The van der Waals surface area contributed by atoms with Gasteiger partial charge in [0.2, 0.25) is 5.82 Å². The number of pyridine rings is 1. The summed E-state index contributed by atoms with van der Waals surface area (Å²) in [5.74, 6) is 1.97. The molecule has 26 heavy (non-hydrogen) atoms. The first-order valence-electron chi connectivity index (χ1n) is 8.74. The van der Waals surface area contributed by atoms with E-state index in [2.05, 4.69) is 39.1 Å². The Labute approximate surface area is 151 Å². The first-order valence-corrected chi connectivity index (χ1v) is 8.74. The molecule has 3 aromatic heterocycles. The highest BCUT2D eigenvalue weighted by atomic mass is 16.5. The molecular formula is C19H20N6O. The fraction of sp³-hybridized carbons (Fsp3) is 0.263. The Morgan fingerprint density at radius 3 is 2.58 bits per heavy atom. The van der Waals surface area contributed by atoms with Crippen LogP contribution in [0.2, 0.25) is 0 Å². The van der Waals surface area contributed by atoms with Gasteiger partial charge in [-0.2, -0.15) is 4.98 Å². The van der Waals surface area contributed by atoms with Crippen molar-refractivity contribution in [3.05, 3.63) is 54.5 Å². The standard InChI is InChI=1S/C19H20N6O/c1-3-24(4-2)13-17-22-21-16-12-15(10-11-25(16)17)19-20-18(23-26-19)14-8-6-5-7-9-14/h5-12H,3-4,13H2,1-2H3. The summed E-state index contributed by atoms with van der Waals surface area (Å²) in [5.41, 5.74) is 2.52. The molecule has 0 unspecified atom stereocenters. The summed E-state index contributed by atoms with van der Waals surface area (Å²) in [4.78, 5) is 6.80. The lowest BCUT2D eigenvalue weighted by Gasteiger charge is -2.16. The van der Waals surface area contributed by atoms with Crippen LogP contribution in [-0.4, -0.2) is 42.7 Å².